The number of nitrogens with zero attached hydrogens (tertiary/aromatic N) is 1. The standard InChI is InChI=1S/C10H11N/c1-8-4-3-5-10(6-8)9(2)7-11/h3-6,9H,1-2H3. The van der Waals surface area contributed by atoms with E-state index in [1.807, 2.05) is 38.1 Å². The summed E-state index contributed by atoms with van der Waals surface area (Å²) in [5.41, 5.74) is 2.32. The number of nitriles is 1. The summed E-state index contributed by atoms with van der Waals surface area (Å²) in [6.07, 6.45) is 0. The van der Waals surface area contributed by atoms with E-state index in [1.165, 1.54) is 5.56 Å². The Hall–Kier alpha value is -1.29. The Bertz CT molecular complexity index is 283. The Morgan fingerprint density at radius 3 is 2.73 bits per heavy atom. The van der Waals surface area contributed by atoms with Crippen molar-refractivity contribution in [1.29, 1.82) is 5.26 Å². The lowest BCUT2D eigenvalue weighted by Crippen LogP contribution is -1.88. The molecule has 0 aliphatic carbocycles. The molecule has 0 aliphatic heterocycles. The molecule has 1 nitrogen and oxygen atoms in total. The third-order valence-electron chi connectivity index (χ3n) is 1.74. The minimum Gasteiger partial charge on any atom is -0.198 e. The van der Waals surface area contributed by atoms with E-state index in [2.05, 4.69) is 6.07 Å². The van der Waals surface area contributed by atoms with Gasteiger partial charge in [-0.1, -0.05) is 29.8 Å². The van der Waals surface area contributed by atoms with Crippen LogP contribution in [0, 0.1) is 18.3 Å². The van der Waals surface area contributed by atoms with Crippen molar-refractivity contribution in [2.75, 3.05) is 0 Å². The van der Waals surface area contributed by atoms with Crippen LogP contribution in [0.4, 0.5) is 0 Å². The molecule has 0 heterocycles. The van der Waals surface area contributed by atoms with E-state index in [1.54, 1.807) is 0 Å². The van der Waals surface area contributed by atoms with Crippen molar-refractivity contribution < 1.29 is 0 Å². The highest BCUT2D eigenvalue weighted by Gasteiger charge is 2.01. The summed E-state index contributed by atoms with van der Waals surface area (Å²) in [5.74, 6) is 0.00917. The summed E-state index contributed by atoms with van der Waals surface area (Å²) in [6, 6.07) is 10.3. The lowest BCUT2D eigenvalue weighted by atomic mass is 10.0. The van der Waals surface area contributed by atoms with Gasteiger partial charge in [-0.05, 0) is 19.4 Å². The molecule has 0 spiro atoms. The molecule has 1 aromatic rings. The van der Waals surface area contributed by atoms with Gasteiger partial charge in [-0.25, -0.2) is 0 Å². The third-order valence-corrected chi connectivity index (χ3v) is 1.74. The van der Waals surface area contributed by atoms with Crippen LogP contribution in [0.5, 0.6) is 0 Å². The topological polar surface area (TPSA) is 23.8 Å². The summed E-state index contributed by atoms with van der Waals surface area (Å²) in [6.45, 7) is 3.95. The molecular weight excluding hydrogens is 134 g/mol. The van der Waals surface area contributed by atoms with Crippen molar-refractivity contribution >= 4 is 0 Å². The van der Waals surface area contributed by atoms with E-state index in [-0.39, 0.29) is 5.92 Å². The van der Waals surface area contributed by atoms with Crippen molar-refractivity contribution in [2.45, 2.75) is 19.8 Å². The van der Waals surface area contributed by atoms with Crippen LogP contribution in [-0.4, -0.2) is 0 Å². The van der Waals surface area contributed by atoms with E-state index in [0.717, 1.165) is 5.56 Å². The van der Waals surface area contributed by atoms with E-state index in [0.29, 0.717) is 0 Å². The average Bonchev–Trinajstić information content (AvgIpc) is 2.03. The van der Waals surface area contributed by atoms with Gasteiger partial charge in [0.05, 0.1) is 12.0 Å². The summed E-state index contributed by atoms with van der Waals surface area (Å²) in [7, 11) is 0. The Labute approximate surface area is 67.3 Å². The number of benzene rings is 1. The highest BCUT2D eigenvalue weighted by molar-refractivity contribution is 5.28. The van der Waals surface area contributed by atoms with E-state index >= 15 is 0 Å². The summed E-state index contributed by atoms with van der Waals surface area (Å²) in [5, 5.41) is 8.63. The van der Waals surface area contributed by atoms with Crippen molar-refractivity contribution in [3.05, 3.63) is 35.4 Å². The van der Waals surface area contributed by atoms with Gasteiger partial charge in [0.15, 0.2) is 0 Å². The van der Waals surface area contributed by atoms with Crippen LogP contribution in [-0.2, 0) is 0 Å². The molecule has 0 amide bonds. The molecular formula is C10H11N. The van der Waals surface area contributed by atoms with E-state index in [9.17, 15) is 0 Å². The lowest BCUT2D eigenvalue weighted by molar-refractivity contribution is 0.979. The summed E-state index contributed by atoms with van der Waals surface area (Å²) < 4.78 is 0. The van der Waals surface area contributed by atoms with Crippen LogP contribution in [0.15, 0.2) is 24.3 Å². The normalized spacial score (nSPS) is 12.1. The van der Waals surface area contributed by atoms with Gasteiger partial charge in [-0.2, -0.15) is 5.26 Å². The van der Waals surface area contributed by atoms with Gasteiger partial charge in [0.2, 0.25) is 0 Å². The molecule has 0 aliphatic rings. The van der Waals surface area contributed by atoms with Crippen LogP contribution in [0.3, 0.4) is 0 Å². The van der Waals surface area contributed by atoms with Gasteiger partial charge in [-0.3, -0.25) is 0 Å². The fourth-order valence-electron chi connectivity index (χ4n) is 1.01. The zero-order valence-electron chi connectivity index (χ0n) is 6.83. The number of hydrogen-bond donors (Lipinski definition) is 0. The monoisotopic (exact) mass is 145 g/mol. The minimum absolute atomic E-state index is 0.00917. The minimum atomic E-state index is 0.00917. The molecule has 1 heteroatoms. The molecule has 0 aromatic heterocycles. The molecule has 1 atom stereocenters. The Morgan fingerprint density at radius 1 is 1.45 bits per heavy atom. The predicted octanol–water partition coefficient (Wildman–Crippen LogP) is 2.62. The second-order valence-electron chi connectivity index (χ2n) is 2.76. The van der Waals surface area contributed by atoms with Crippen LogP contribution in [0.2, 0.25) is 0 Å². The number of aryl methyl sites for hydroxylation is 1. The molecule has 56 valence electrons. The van der Waals surface area contributed by atoms with E-state index in [4.69, 9.17) is 5.26 Å². The van der Waals surface area contributed by atoms with Gasteiger partial charge in [-0.15, -0.1) is 0 Å². The SMILES string of the molecule is Cc1cccc(C(C)C#N)c1. The molecule has 0 saturated carbocycles. The molecule has 0 fully saturated rings. The van der Waals surface area contributed by atoms with Crippen LogP contribution in [0.25, 0.3) is 0 Å². The van der Waals surface area contributed by atoms with Crippen molar-refractivity contribution in [3.8, 4) is 6.07 Å². The van der Waals surface area contributed by atoms with Crippen molar-refractivity contribution in [1.82, 2.24) is 0 Å². The fraction of sp³-hybridized carbons (Fsp3) is 0.300. The van der Waals surface area contributed by atoms with Gasteiger partial charge in [0.1, 0.15) is 0 Å². The largest absolute Gasteiger partial charge is 0.198 e. The van der Waals surface area contributed by atoms with Crippen LogP contribution >= 0.6 is 0 Å². The molecule has 0 saturated heterocycles. The maximum atomic E-state index is 8.63. The zero-order valence-corrected chi connectivity index (χ0v) is 6.83. The fourth-order valence-corrected chi connectivity index (χ4v) is 1.01. The second-order valence-corrected chi connectivity index (χ2v) is 2.76. The molecule has 1 aromatic carbocycles. The second kappa shape index (κ2) is 3.21. The van der Waals surface area contributed by atoms with Crippen LogP contribution < -0.4 is 0 Å². The van der Waals surface area contributed by atoms with E-state index < -0.39 is 0 Å². The maximum Gasteiger partial charge on any atom is 0.0700 e. The summed E-state index contributed by atoms with van der Waals surface area (Å²) in [4.78, 5) is 0. The molecule has 0 radical (unpaired) electrons. The maximum absolute atomic E-state index is 8.63. The Morgan fingerprint density at radius 2 is 2.18 bits per heavy atom. The molecule has 11 heavy (non-hydrogen) atoms. The van der Waals surface area contributed by atoms with Crippen molar-refractivity contribution in [3.63, 3.8) is 0 Å². The first-order valence-corrected chi connectivity index (χ1v) is 3.70. The highest BCUT2D eigenvalue weighted by Crippen LogP contribution is 2.14. The molecule has 1 unspecified atom stereocenters. The van der Waals surface area contributed by atoms with Gasteiger partial charge >= 0.3 is 0 Å². The molecule has 0 N–H and O–H groups in total. The smallest absolute Gasteiger partial charge is 0.0700 e. The van der Waals surface area contributed by atoms with Crippen LogP contribution in [0.1, 0.15) is 24.0 Å². The zero-order chi connectivity index (χ0) is 8.27. The van der Waals surface area contributed by atoms with Gasteiger partial charge in [0, 0.05) is 0 Å². The van der Waals surface area contributed by atoms with Crippen molar-refractivity contribution in [2.24, 2.45) is 0 Å². The lowest BCUT2D eigenvalue weighted by Gasteiger charge is -2.02. The van der Waals surface area contributed by atoms with Gasteiger partial charge in [0.25, 0.3) is 0 Å². The average molecular weight is 145 g/mol. The Balaban J connectivity index is 2.98. The molecule has 0 bridgehead atoms. The first-order chi connectivity index (χ1) is 5.24. The quantitative estimate of drug-likeness (QED) is 0.596. The number of rotatable bonds is 1. The predicted molar refractivity (Wildman–Crippen MR) is 45.2 cm³/mol. The molecule has 1 rings (SSSR count). The summed E-state index contributed by atoms with van der Waals surface area (Å²) >= 11 is 0. The first kappa shape index (κ1) is 7.81. The van der Waals surface area contributed by atoms with Gasteiger partial charge < -0.3 is 0 Å². The first-order valence-electron chi connectivity index (χ1n) is 3.70. The number of hydrogen-bond acceptors (Lipinski definition) is 1. The third kappa shape index (κ3) is 1.81. The highest BCUT2D eigenvalue weighted by atomic mass is 14.3. The Kier molecular flexibility index (Phi) is 2.28.